The summed E-state index contributed by atoms with van der Waals surface area (Å²) in [5.74, 6) is -0.205. The van der Waals surface area contributed by atoms with Gasteiger partial charge in [0.1, 0.15) is 19.3 Å². The van der Waals surface area contributed by atoms with Crippen LogP contribution in [0.1, 0.15) is 75.3 Å². The molecule has 0 aliphatic heterocycles. The maximum Gasteiger partial charge on any atom is 0.408 e. The van der Waals surface area contributed by atoms with Crippen LogP contribution in [0.15, 0.2) is 60.7 Å². The van der Waals surface area contributed by atoms with E-state index in [2.05, 4.69) is 31.9 Å². The fraction of sp³-hybridized carbons (Fsp3) is 0.605. The van der Waals surface area contributed by atoms with Crippen molar-refractivity contribution in [3.63, 3.8) is 0 Å². The first-order valence-electron chi connectivity index (χ1n) is 18.8. The molecule has 0 heterocycles. The SMILES string of the molecule is NCCCC[C@@H](CNCCCNCCCCNCCCNC(=O)[C@H](CCCCN)NC(=O)OCc1ccccc1)NC(=O)OCc1ccccc1. The Balaban J connectivity index is 1.46. The predicted molar refractivity (Wildman–Crippen MR) is 203 cm³/mol. The Hall–Kier alpha value is -3.75. The molecule has 0 saturated heterocycles. The van der Waals surface area contributed by atoms with E-state index in [9.17, 15) is 14.4 Å². The van der Waals surface area contributed by atoms with Gasteiger partial charge in [-0.15, -0.1) is 0 Å². The average Bonchev–Trinajstić information content (AvgIpc) is 3.15. The molecule has 0 saturated carbocycles. The van der Waals surface area contributed by atoms with Gasteiger partial charge in [0.15, 0.2) is 0 Å². The number of amides is 3. The lowest BCUT2D eigenvalue weighted by Crippen LogP contribution is -2.47. The molecule has 3 amide bonds. The molecule has 0 aromatic heterocycles. The van der Waals surface area contributed by atoms with Gasteiger partial charge in [0.25, 0.3) is 0 Å². The van der Waals surface area contributed by atoms with Crippen LogP contribution in [0.2, 0.25) is 0 Å². The molecule has 0 unspecified atom stereocenters. The van der Waals surface area contributed by atoms with Crippen LogP contribution in [-0.2, 0) is 27.5 Å². The minimum Gasteiger partial charge on any atom is -0.445 e. The van der Waals surface area contributed by atoms with Crippen molar-refractivity contribution in [2.24, 2.45) is 11.5 Å². The molecule has 2 aromatic rings. The molecule has 2 atom stereocenters. The van der Waals surface area contributed by atoms with Crippen LogP contribution >= 0.6 is 0 Å². The quantitative estimate of drug-likeness (QED) is 0.0558. The zero-order chi connectivity index (χ0) is 36.6. The molecule has 0 aliphatic rings. The highest BCUT2D eigenvalue weighted by molar-refractivity contribution is 5.85. The lowest BCUT2D eigenvalue weighted by Gasteiger charge is -2.19. The number of hydrogen-bond donors (Lipinski definition) is 8. The van der Waals surface area contributed by atoms with Gasteiger partial charge in [-0.1, -0.05) is 67.1 Å². The van der Waals surface area contributed by atoms with Gasteiger partial charge in [-0.25, -0.2) is 9.59 Å². The van der Waals surface area contributed by atoms with Gasteiger partial charge >= 0.3 is 12.2 Å². The largest absolute Gasteiger partial charge is 0.445 e. The van der Waals surface area contributed by atoms with Gasteiger partial charge in [0, 0.05) is 19.1 Å². The summed E-state index contributed by atoms with van der Waals surface area (Å²) in [4.78, 5) is 37.4. The lowest BCUT2D eigenvalue weighted by molar-refractivity contribution is -0.123. The van der Waals surface area contributed by atoms with Crippen LogP contribution in [-0.4, -0.2) is 89.1 Å². The number of nitrogens with two attached hydrogens (primary N) is 2. The van der Waals surface area contributed by atoms with Gasteiger partial charge in [-0.05, 0) is 115 Å². The van der Waals surface area contributed by atoms with Crippen LogP contribution < -0.4 is 43.4 Å². The minimum absolute atomic E-state index is 0.00178. The number of unbranched alkanes of at least 4 members (excludes halogenated alkanes) is 3. The third-order valence-corrected chi connectivity index (χ3v) is 8.19. The van der Waals surface area contributed by atoms with E-state index in [1.54, 1.807) is 0 Å². The highest BCUT2D eigenvalue weighted by Crippen LogP contribution is 2.05. The summed E-state index contributed by atoms with van der Waals surface area (Å²) < 4.78 is 10.7. The van der Waals surface area contributed by atoms with Gasteiger partial charge in [0.05, 0.1) is 0 Å². The second-order valence-corrected chi connectivity index (χ2v) is 12.6. The fourth-order valence-electron chi connectivity index (χ4n) is 5.27. The maximum atomic E-state index is 12.8. The minimum atomic E-state index is -0.655. The first-order chi connectivity index (χ1) is 25.0. The molecular weight excluding hydrogens is 648 g/mol. The van der Waals surface area contributed by atoms with E-state index in [-0.39, 0.29) is 25.2 Å². The van der Waals surface area contributed by atoms with E-state index < -0.39 is 18.2 Å². The summed E-state index contributed by atoms with van der Waals surface area (Å²) in [5, 5.41) is 19.0. The van der Waals surface area contributed by atoms with Crippen molar-refractivity contribution in [1.29, 1.82) is 0 Å². The Labute approximate surface area is 305 Å². The van der Waals surface area contributed by atoms with Crippen molar-refractivity contribution in [2.45, 2.75) is 89.5 Å². The molecule has 0 fully saturated rings. The van der Waals surface area contributed by atoms with Gasteiger partial charge in [-0.3, -0.25) is 4.79 Å². The third-order valence-electron chi connectivity index (χ3n) is 8.19. The van der Waals surface area contributed by atoms with E-state index in [0.29, 0.717) is 32.6 Å². The highest BCUT2D eigenvalue weighted by Gasteiger charge is 2.21. The Morgan fingerprint density at radius 1 is 0.549 bits per heavy atom. The summed E-state index contributed by atoms with van der Waals surface area (Å²) in [6.07, 6.45) is 7.70. The molecule has 51 heavy (non-hydrogen) atoms. The Morgan fingerprint density at radius 2 is 1.04 bits per heavy atom. The number of carbonyl (C=O) groups is 3. The lowest BCUT2D eigenvalue weighted by atomic mass is 10.1. The summed E-state index contributed by atoms with van der Waals surface area (Å²) >= 11 is 0. The molecule has 10 N–H and O–H groups in total. The number of ether oxygens (including phenoxy) is 2. The molecule has 2 aromatic carbocycles. The third kappa shape index (κ3) is 23.4. The summed E-state index contributed by atoms with van der Waals surface area (Å²) in [7, 11) is 0. The normalized spacial score (nSPS) is 12.1. The molecule has 2 rings (SSSR count). The topological polar surface area (TPSA) is 194 Å². The standard InChI is InChI=1S/C38H64N8O5/c39-21-9-7-19-34(45-37(48)50-30-32-15-3-1-4-16-32)29-43-27-13-25-41-23-11-12-24-42-26-14-28-44-36(47)35(20-8-10-22-40)46-38(49)51-31-33-17-5-2-6-18-33/h1-6,15-18,34-35,41-43H,7-14,19-31,39-40H2,(H,44,47)(H,45,48)(H,46,49)/t34-,35-/m0/s1. The summed E-state index contributed by atoms with van der Waals surface area (Å²) in [5.41, 5.74) is 13.1. The smallest absolute Gasteiger partial charge is 0.408 e. The second-order valence-electron chi connectivity index (χ2n) is 12.6. The number of alkyl carbamates (subject to hydrolysis) is 2. The van der Waals surface area contributed by atoms with Crippen LogP contribution in [0.4, 0.5) is 9.59 Å². The summed E-state index contributed by atoms with van der Waals surface area (Å²) in [6, 6.07) is 18.4. The van der Waals surface area contributed by atoms with Crippen molar-refractivity contribution in [1.82, 2.24) is 31.9 Å². The van der Waals surface area contributed by atoms with Crippen molar-refractivity contribution < 1.29 is 23.9 Å². The van der Waals surface area contributed by atoms with Gasteiger partial charge in [-0.2, -0.15) is 0 Å². The molecule has 13 nitrogen and oxygen atoms in total. The van der Waals surface area contributed by atoms with E-state index in [1.165, 1.54) is 0 Å². The number of nitrogens with one attached hydrogen (secondary N) is 6. The Kier molecular flexibility index (Phi) is 25.5. The predicted octanol–water partition coefficient (Wildman–Crippen LogP) is 3.28. The van der Waals surface area contributed by atoms with E-state index in [1.807, 2.05) is 60.7 Å². The zero-order valence-corrected chi connectivity index (χ0v) is 30.5. The summed E-state index contributed by atoms with van der Waals surface area (Å²) in [6.45, 7) is 7.28. The molecule has 0 spiro atoms. The van der Waals surface area contributed by atoms with E-state index >= 15 is 0 Å². The van der Waals surface area contributed by atoms with E-state index in [0.717, 1.165) is 102 Å². The van der Waals surface area contributed by atoms with Crippen LogP contribution in [0.5, 0.6) is 0 Å². The fourth-order valence-corrected chi connectivity index (χ4v) is 5.27. The molecule has 0 aliphatic carbocycles. The Morgan fingerprint density at radius 3 is 1.61 bits per heavy atom. The number of hydrogen-bond acceptors (Lipinski definition) is 10. The second kappa shape index (κ2) is 29.9. The van der Waals surface area contributed by atoms with Crippen LogP contribution in [0.3, 0.4) is 0 Å². The van der Waals surface area contributed by atoms with Crippen LogP contribution in [0.25, 0.3) is 0 Å². The maximum absolute atomic E-state index is 12.8. The highest BCUT2D eigenvalue weighted by atomic mass is 16.6. The molecule has 0 bridgehead atoms. The molecule has 286 valence electrons. The van der Waals surface area contributed by atoms with E-state index in [4.69, 9.17) is 20.9 Å². The van der Waals surface area contributed by atoms with Crippen molar-refractivity contribution >= 4 is 18.1 Å². The first-order valence-corrected chi connectivity index (χ1v) is 18.8. The van der Waals surface area contributed by atoms with Crippen molar-refractivity contribution in [3.05, 3.63) is 71.8 Å². The molecule has 0 radical (unpaired) electrons. The Bertz CT molecular complexity index is 1160. The zero-order valence-electron chi connectivity index (χ0n) is 30.5. The van der Waals surface area contributed by atoms with Crippen molar-refractivity contribution in [2.75, 3.05) is 58.9 Å². The van der Waals surface area contributed by atoms with Gasteiger partial charge < -0.3 is 52.8 Å². The average molecular weight is 713 g/mol. The van der Waals surface area contributed by atoms with Crippen LogP contribution in [0, 0.1) is 0 Å². The number of carbonyl (C=O) groups excluding carboxylic acids is 3. The first kappa shape index (κ1) is 43.4. The van der Waals surface area contributed by atoms with Gasteiger partial charge in [0.2, 0.25) is 5.91 Å². The monoisotopic (exact) mass is 712 g/mol. The molecule has 13 heteroatoms. The number of benzene rings is 2. The number of rotatable bonds is 30. The van der Waals surface area contributed by atoms with Crippen molar-refractivity contribution in [3.8, 4) is 0 Å². The molecular formula is C38H64N8O5.